The molecule has 0 amide bonds. The number of hydrogen-bond donors (Lipinski definition) is 1. The molecule has 0 bridgehead atoms. The van der Waals surface area contributed by atoms with Gasteiger partial charge in [-0.15, -0.1) is 0 Å². The molecule has 2 N–H and O–H groups in total. The Morgan fingerprint density at radius 2 is 2.16 bits per heavy atom. The van der Waals surface area contributed by atoms with Gasteiger partial charge in [-0.25, -0.2) is 4.39 Å². The van der Waals surface area contributed by atoms with Crippen LogP contribution in [-0.2, 0) is 6.54 Å². The topological polar surface area (TPSA) is 29.3 Å². The molecule has 1 aromatic carbocycles. The molecule has 19 heavy (non-hydrogen) atoms. The lowest BCUT2D eigenvalue weighted by atomic mass is 9.78. The Kier molecular flexibility index (Phi) is 3.59. The number of rotatable bonds is 2. The van der Waals surface area contributed by atoms with Crippen molar-refractivity contribution < 1.29 is 4.39 Å². The van der Waals surface area contributed by atoms with E-state index in [1.807, 2.05) is 19.1 Å². The summed E-state index contributed by atoms with van der Waals surface area (Å²) in [5.74, 6) is 1.35. The molecule has 2 nitrogen and oxygen atoms in total. The van der Waals surface area contributed by atoms with Gasteiger partial charge in [-0.3, -0.25) is 4.90 Å². The van der Waals surface area contributed by atoms with Gasteiger partial charge in [0.05, 0.1) is 0 Å². The first-order valence-corrected chi connectivity index (χ1v) is 7.36. The smallest absolute Gasteiger partial charge is 0.126 e. The number of nitrogens with zero attached hydrogens (tertiary/aromatic N) is 1. The van der Waals surface area contributed by atoms with E-state index in [9.17, 15) is 4.39 Å². The van der Waals surface area contributed by atoms with Gasteiger partial charge in [0.25, 0.3) is 0 Å². The van der Waals surface area contributed by atoms with Gasteiger partial charge in [0.1, 0.15) is 5.82 Å². The van der Waals surface area contributed by atoms with E-state index >= 15 is 0 Å². The second-order valence-corrected chi connectivity index (χ2v) is 6.30. The van der Waals surface area contributed by atoms with Crippen LogP contribution < -0.4 is 5.73 Å². The number of nitrogens with two attached hydrogens (primary N) is 1. The fourth-order valence-corrected chi connectivity index (χ4v) is 3.80. The molecular weight excluding hydrogens is 239 g/mol. The lowest BCUT2D eigenvalue weighted by Gasteiger charge is -2.29. The molecule has 2 aliphatic rings. The predicted octanol–water partition coefficient (Wildman–Crippen LogP) is 2.69. The summed E-state index contributed by atoms with van der Waals surface area (Å²) in [5.41, 5.74) is 8.20. The zero-order valence-corrected chi connectivity index (χ0v) is 11.6. The first-order chi connectivity index (χ1) is 9.13. The van der Waals surface area contributed by atoms with Crippen LogP contribution in [0.1, 0.15) is 30.4 Å². The Labute approximate surface area is 114 Å². The van der Waals surface area contributed by atoms with Crippen molar-refractivity contribution in [1.29, 1.82) is 0 Å². The number of halogens is 1. The van der Waals surface area contributed by atoms with Gasteiger partial charge in [-0.05, 0) is 48.8 Å². The molecule has 0 aromatic heterocycles. The summed E-state index contributed by atoms with van der Waals surface area (Å²) in [5, 5.41) is 0. The Morgan fingerprint density at radius 1 is 1.32 bits per heavy atom. The number of aryl methyl sites for hydroxylation is 1. The van der Waals surface area contributed by atoms with E-state index in [2.05, 4.69) is 4.90 Å². The SMILES string of the molecule is Cc1cc(CN2CC3CCCC(N)C3C2)ccc1F. The fourth-order valence-electron chi connectivity index (χ4n) is 3.80. The van der Waals surface area contributed by atoms with Crippen LogP contribution >= 0.6 is 0 Å². The maximum absolute atomic E-state index is 13.3. The predicted molar refractivity (Wildman–Crippen MR) is 75.2 cm³/mol. The third-order valence-corrected chi connectivity index (χ3v) is 4.86. The van der Waals surface area contributed by atoms with Crippen molar-refractivity contribution in [3.63, 3.8) is 0 Å². The molecule has 2 fully saturated rings. The van der Waals surface area contributed by atoms with Gasteiger partial charge >= 0.3 is 0 Å². The van der Waals surface area contributed by atoms with Crippen molar-refractivity contribution in [2.75, 3.05) is 13.1 Å². The first kappa shape index (κ1) is 13.1. The maximum Gasteiger partial charge on any atom is 0.126 e. The van der Waals surface area contributed by atoms with Crippen LogP contribution in [0.25, 0.3) is 0 Å². The molecule has 1 saturated heterocycles. The third-order valence-electron chi connectivity index (χ3n) is 4.86. The second-order valence-electron chi connectivity index (χ2n) is 6.30. The number of benzene rings is 1. The minimum absolute atomic E-state index is 0.110. The average molecular weight is 262 g/mol. The van der Waals surface area contributed by atoms with Gasteiger partial charge in [-0.1, -0.05) is 18.6 Å². The van der Waals surface area contributed by atoms with E-state index in [-0.39, 0.29) is 5.82 Å². The summed E-state index contributed by atoms with van der Waals surface area (Å²) < 4.78 is 13.3. The molecule has 1 saturated carbocycles. The van der Waals surface area contributed by atoms with E-state index in [4.69, 9.17) is 5.73 Å². The van der Waals surface area contributed by atoms with Crippen LogP contribution in [-0.4, -0.2) is 24.0 Å². The number of likely N-dealkylation sites (tertiary alicyclic amines) is 1. The summed E-state index contributed by atoms with van der Waals surface area (Å²) in [7, 11) is 0. The zero-order chi connectivity index (χ0) is 13.4. The van der Waals surface area contributed by atoms with Crippen molar-refractivity contribution >= 4 is 0 Å². The Morgan fingerprint density at radius 3 is 2.89 bits per heavy atom. The molecule has 104 valence electrons. The standard InChI is InChI=1S/C16H23FN2/c1-11-7-12(5-6-15(11)17)8-19-9-13-3-2-4-16(18)14(13)10-19/h5-7,13-14,16H,2-4,8-10,18H2,1H3. The Balaban J connectivity index is 1.66. The fraction of sp³-hybridized carbons (Fsp3) is 0.625. The summed E-state index contributed by atoms with van der Waals surface area (Å²) in [6.07, 6.45) is 3.80. The third kappa shape index (κ3) is 2.67. The highest BCUT2D eigenvalue weighted by atomic mass is 19.1. The van der Waals surface area contributed by atoms with Crippen LogP contribution in [0, 0.1) is 24.6 Å². The van der Waals surface area contributed by atoms with E-state index in [1.54, 1.807) is 6.07 Å². The molecule has 1 heterocycles. The van der Waals surface area contributed by atoms with E-state index in [0.717, 1.165) is 31.1 Å². The summed E-state index contributed by atoms with van der Waals surface area (Å²) in [6, 6.07) is 5.85. The largest absolute Gasteiger partial charge is 0.327 e. The minimum atomic E-state index is -0.110. The van der Waals surface area contributed by atoms with Gasteiger partial charge in [0.15, 0.2) is 0 Å². The molecular formula is C16H23FN2. The van der Waals surface area contributed by atoms with Crippen molar-refractivity contribution in [2.24, 2.45) is 17.6 Å². The van der Waals surface area contributed by atoms with Crippen molar-refractivity contribution in [3.8, 4) is 0 Å². The highest BCUT2D eigenvalue weighted by molar-refractivity contribution is 5.24. The van der Waals surface area contributed by atoms with Gasteiger partial charge in [0, 0.05) is 25.7 Å². The first-order valence-electron chi connectivity index (χ1n) is 7.36. The summed E-state index contributed by atoms with van der Waals surface area (Å²) in [4.78, 5) is 2.49. The molecule has 3 unspecified atom stereocenters. The molecule has 1 aromatic rings. The Bertz CT molecular complexity index is 460. The highest BCUT2D eigenvalue weighted by Gasteiger charge is 2.38. The van der Waals surface area contributed by atoms with Crippen molar-refractivity contribution in [2.45, 2.75) is 38.8 Å². The lowest BCUT2D eigenvalue weighted by molar-refractivity contribution is 0.259. The minimum Gasteiger partial charge on any atom is -0.327 e. The lowest BCUT2D eigenvalue weighted by Crippen LogP contribution is -2.38. The molecule has 1 aliphatic heterocycles. The van der Waals surface area contributed by atoms with Gasteiger partial charge in [-0.2, -0.15) is 0 Å². The second kappa shape index (κ2) is 5.22. The van der Waals surface area contributed by atoms with Gasteiger partial charge in [0.2, 0.25) is 0 Å². The maximum atomic E-state index is 13.3. The number of fused-ring (bicyclic) bond motifs is 1. The summed E-state index contributed by atoms with van der Waals surface area (Å²) >= 11 is 0. The van der Waals surface area contributed by atoms with Crippen LogP contribution in [0.5, 0.6) is 0 Å². The van der Waals surface area contributed by atoms with Crippen molar-refractivity contribution in [1.82, 2.24) is 4.90 Å². The molecule has 0 radical (unpaired) electrons. The van der Waals surface area contributed by atoms with E-state index in [1.165, 1.54) is 24.8 Å². The van der Waals surface area contributed by atoms with Crippen LogP contribution in [0.15, 0.2) is 18.2 Å². The molecule has 3 atom stereocenters. The number of hydrogen-bond acceptors (Lipinski definition) is 2. The Hall–Kier alpha value is -0.930. The van der Waals surface area contributed by atoms with Gasteiger partial charge < -0.3 is 5.73 Å². The molecule has 3 heteroatoms. The quantitative estimate of drug-likeness (QED) is 0.888. The van der Waals surface area contributed by atoms with E-state index in [0.29, 0.717) is 12.0 Å². The van der Waals surface area contributed by atoms with Crippen molar-refractivity contribution in [3.05, 3.63) is 35.1 Å². The van der Waals surface area contributed by atoms with Crippen LogP contribution in [0.4, 0.5) is 4.39 Å². The molecule has 3 rings (SSSR count). The summed E-state index contributed by atoms with van der Waals surface area (Å²) in [6.45, 7) is 5.04. The highest BCUT2D eigenvalue weighted by Crippen LogP contribution is 2.36. The zero-order valence-electron chi connectivity index (χ0n) is 11.6. The molecule has 0 spiro atoms. The average Bonchev–Trinajstić information content (AvgIpc) is 2.78. The monoisotopic (exact) mass is 262 g/mol. The van der Waals surface area contributed by atoms with Crippen LogP contribution in [0.3, 0.4) is 0 Å². The van der Waals surface area contributed by atoms with Crippen LogP contribution in [0.2, 0.25) is 0 Å². The van der Waals surface area contributed by atoms with E-state index < -0.39 is 0 Å². The normalized spacial score (nSPS) is 31.4. The molecule has 1 aliphatic carbocycles.